The van der Waals surface area contributed by atoms with Crippen molar-refractivity contribution in [2.24, 2.45) is 5.10 Å². The molecule has 0 radical (unpaired) electrons. The average molecular weight is 323 g/mol. The van der Waals surface area contributed by atoms with Gasteiger partial charge in [-0.05, 0) is 29.7 Å². The molecule has 3 aromatic rings. The van der Waals surface area contributed by atoms with Crippen LogP contribution in [0.1, 0.15) is 23.6 Å². The van der Waals surface area contributed by atoms with Gasteiger partial charge in [0.25, 0.3) is 0 Å². The number of aromatic amines is 1. The maximum atomic E-state index is 12.8. The van der Waals surface area contributed by atoms with Gasteiger partial charge in [-0.3, -0.25) is 4.79 Å². The summed E-state index contributed by atoms with van der Waals surface area (Å²) < 4.78 is 12.8. The van der Waals surface area contributed by atoms with Crippen molar-refractivity contribution < 1.29 is 9.18 Å². The molecular weight excluding hydrogens is 305 g/mol. The van der Waals surface area contributed by atoms with Gasteiger partial charge in [-0.2, -0.15) is 5.10 Å². The first-order valence-corrected chi connectivity index (χ1v) is 7.82. The van der Waals surface area contributed by atoms with E-state index in [0.717, 1.165) is 28.5 Å². The first-order valence-electron chi connectivity index (χ1n) is 7.82. The fourth-order valence-corrected chi connectivity index (χ4v) is 2.64. The number of nitrogens with zero attached hydrogens (tertiary/aromatic N) is 1. The largest absolute Gasteiger partial charge is 0.360 e. The smallest absolute Gasteiger partial charge is 0.244 e. The molecule has 5 heteroatoms. The van der Waals surface area contributed by atoms with Gasteiger partial charge in [0.15, 0.2) is 0 Å². The van der Waals surface area contributed by atoms with Crippen LogP contribution in [0, 0.1) is 5.82 Å². The quantitative estimate of drug-likeness (QED) is 0.547. The van der Waals surface area contributed by atoms with Crippen molar-refractivity contribution in [3.05, 3.63) is 71.2 Å². The molecule has 0 bridgehead atoms. The van der Waals surface area contributed by atoms with Crippen molar-refractivity contribution in [3.63, 3.8) is 0 Å². The Kier molecular flexibility index (Phi) is 4.70. The molecule has 1 aromatic heterocycles. The Morgan fingerprint density at radius 2 is 2.04 bits per heavy atom. The standard InChI is InChI=1S/C19H18FN3O/c1-2-14-4-3-5-17-15(11-21-19(14)17)12-22-23-18(24)10-13-6-8-16(20)9-7-13/h3-9,11-12,21H,2,10H2,1H3,(H,23,24)/b22-12+. The van der Waals surface area contributed by atoms with Crippen LogP contribution >= 0.6 is 0 Å². The van der Waals surface area contributed by atoms with E-state index in [4.69, 9.17) is 0 Å². The van der Waals surface area contributed by atoms with Crippen LogP contribution in [0.2, 0.25) is 0 Å². The van der Waals surface area contributed by atoms with E-state index in [2.05, 4.69) is 28.5 Å². The second-order valence-electron chi connectivity index (χ2n) is 5.53. The zero-order chi connectivity index (χ0) is 16.9. The van der Waals surface area contributed by atoms with Crippen molar-refractivity contribution in [1.82, 2.24) is 10.4 Å². The summed E-state index contributed by atoms with van der Waals surface area (Å²) in [5.41, 5.74) is 6.50. The molecule has 2 aromatic carbocycles. The molecule has 0 atom stereocenters. The number of H-pyrrole nitrogens is 1. The monoisotopic (exact) mass is 323 g/mol. The van der Waals surface area contributed by atoms with Crippen molar-refractivity contribution in [3.8, 4) is 0 Å². The van der Waals surface area contributed by atoms with E-state index in [-0.39, 0.29) is 18.1 Å². The molecule has 0 fully saturated rings. The molecule has 0 unspecified atom stereocenters. The molecule has 24 heavy (non-hydrogen) atoms. The highest BCUT2D eigenvalue weighted by molar-refractivity contribution is 6.00. The van der Waals surface area contributed by atoms with Gasteiger partial charge in [0.05, 0.1) is 12.6 Å². The van der Waals surface area contributed by atoms with Crippen LogP contribution < -0.4 is 5.43 Å². The van der Waals surface area contributed by atoms with E-state index in [1.807, 2.05) is 18.3 Å². The van der Waals surface area contributed by atoms with Gasteiger partial charge in [0.1, 0.15) is 5.82 Å². The second-order valence-corrected chi connectivity index (χ2v) is 5.53. The Labute approximate surface area is 139 Å². The zero-order valence-electron chi connectivity index (χ0n) is 13.3. The van der Waals surface area contributed by atoms with Gasteiger partial charge in [0, 0.05) is 22.7 Å². The molecule has 0 saturated heterocycles. The lowest BCUT2D eigenvalue weighted by atomic mass is 10.1. The third-order valence-corrected chi connectivity index (χ3v) is 3.89. The third kappa shape index (κ3) is 3.51. The molecule has 2 N–H and O–H groups in total. The lowest BCUT2D eigenvalue weighted by Gasteiger charge is -2.00. The summed E-state index contributed by atoms with van der Waals surface area (Å²) in [6.07, 6.45) is 4.61. The van der Waals surface area contributed by atoms with Gasteiger partial charge in [-0.1, -0.05) is 37.3 Å². The van der Waals surface area contributed by atoms with E-state index in [9.17, 15) is 9.18 Å². The highest BCUT2D eigenvalue weighted by atomic mass is 19.1. The number of para-hydroxylation sites is 1. The molecule has 1 amide bonds. The molecule has 3 rings (SSSR count). The van der Waals surface area contributed by atoms with E-state index in [1.54, 1.807) is 18.3 Å². The van der Waals surface area contributed by atoms with Crippen LogP contribution in [0.3, 0.4) is 0 Å². The van der Waals surface area contributed by atoms with E-state index < -0.39 is 0 Å². The van der Waals surface area contributed by atoms with Crippen LogP contribution in [-0.2, 0) is 17.6 Å². The summed E-state index contributed by atoms with van der Waals surface area (Å²) in [7, 11) is 0. The summed E-state index contributed by atoms with van der Waals surface area (Å²) in [5, 5.41) is 5.09. The van der Waals surface area contributed by atoms with Gasteiger partial charge < -0.3 is 4.98 Å². The van der Waals surface area contributed by atoms with Crippen LogP contribution in [0.5, 0.6) is 0 Å². The number of aryl methyl sites for hydroxylation is 1. The summed E-state index contributed by atoms with van der Waals surface area (Å²) in [6, 6.07) is 12.0. The predicted molar refractivity (Wildman–Crippen MR) is 93.5 cm³/mol. The Hall–Kier alpha value is -2.95. The Balaban J connectivity index is 1.66. The number of fused-ring (bicyclic) bond motifs is 1. The molecule has 4 nitrogen and oxygen atoms in total. The summed E-state index contributed by atoms with van der Waals surface area (Å²) >= 11 is 0. The molecule has 0 aliphatic carbocycles. The van der Waals surface area contributed by atoms with Crippen molar-refractivity contribution >= 4 is 23.0 Å². The number of carbonyl (C=O) groups is 1. The maximum absolute atomic E-state index is 12.8. The SMILES string of the molecule is CCc1cccc2c(/C=N/NC(=O)Cc3ccc(F)cc3)c[nH]c12. The van der Waals surface area contributed by atoms with Crippen LogP contribution in [0.25, 0.3) is 10.9 Å². The molecule has 1 heterocycles. The number of hydrogen-bond donors (Lipinski definition) is 2. The first kappa shape index (κ1) is 15.9. The Morgan fingerprint density at radius 3 is 2.79 bits per heavy atom. The number of carbonyl (C=O) groups excluding carboxylic acids is 1. The number of nitrogens with one attached hydrogen (secondary N) is 2. The lowest BCUT2D eigenvalue weighted by molar-refractivity contribution is -0.120. The minimum atomic E-state index is -0.317. The van der Waals surface area contributed by atoms with Crippen LogP contribution in [-0.4, -0.2) is 17.1 Å². The van der Waals surface area contributed by atoms with E-state index in [0.29, 0.717) is 0 Å². The zero-order valence-corrected chi connectivity index (χ0v) is 13.3. The topological polar surface area (TPSA) is 57.2 Å². The van der Waals surface area contributed by atoms with Gasteiger partial charge >= 0.3 is 0 Å². The van der Waals surface area contributed by atoms with Crippen molar-refractivity contribution in [2.45, 2.75) is 19.8 Å². The second kappa shape index (κ2) is 7.08. The Bertz CT molecular complexity index is 881. The van der Waals surface area contributed by atoms with Crippen LogP contribution in [0.15, 0.2) is 53.8 Å². The normalized spacial score (nSPS) is 11.2. The van der Waals surface area contributed by atoms with Crippen LogP contribution in [0.4, 0.5) is 4.39 Å². The number of benzene rings is 2. The molecule has 0 spiro atoms. The number of rotatable bonds is 5. The van der Waals surface area contributed by atoms with E-state index >= 15 is 0 Å². The predicted octanol–water partition coefficient (Wildman–Crippen LogP) is 3.56. The Morgan fingerprint density at radius 1 is 1.25 bits per heavy atom. The highest BCUT2D eigenvalue weighted by Crippen LogP contribution is 2.20. The summed E-state index contributed by atoms with van der Waals surface area (Å²) in [6.45, 7) is 2.11. The van der Waals surface area contributed by atoms with Crippen molar-refractivity contribution in [2.75, 3.05) is 0 Å². The molecule has 0 aliphatic heterocycles. The van der Waals surface area contributed by atoms with Crippen molar-refractivity contribution in [1.29, 1.82) is 0 Å². The minimum absolute atomic E-state index is 0.158. The number of amides is 1. The molecular formula is C19H18FN3O. The third-order valence-electron chi connectivity index (χ3n) is 3.89. The maximum Gasteiger partial charge on any atom is 0.244 e. The molecule has 0 aliphatic rings. The molecule has 0 saturated carbocycles. The first-order chi connectivity index (χ1) is 11.7. The average Bonchev–Trinajstić information content (AvgIpc) is 3.00. The van der Waals surface area contributed by atoms with E-state index in [1.165, 1.54) is 17.7 Å². The number of aromatic nitrogens is 1. The number of halogens is 1. The highest BCUT2D eigenvalue weighted by Gasteiger charge is 2.05. The van der Waals surface area contributed by atoms with Gasteiger partial charge in [0.2, 0.25) is 5.91 Å². The fourth-order valence-electron chi connectivity index (χ4n) is 2.64. The van der Waals surface area contributed by atoms with Gasteiger partial charge in [-0.15, -0.1) is 0 Å². The lowest BCUT2D eigenvalue weighted by Crippen LogP contribution is -2.19. The number of hydrogen-bond acceptors (Lipinski definition) is 2. The fraction of sp³-hybridized carbons (Fsp3) is 0.158. The summed E-state index contributed by atoms with van der Waals surface area (Å²) in [5.74, 6) is -0.560. The summed E-state index contributed by atoms with van der Waals surface area (Å²) in [4.78, 5) is 15.1. The van der Waals surface area contributed by atoms with Gasteiger partial charge in [-0.25, -0.2) is 9.82 Å². The molecule has 122 valence electrons. The number of hydrazone groups is 1. The minimum Gasteiger partial charge on any atom is -0.360 e.